The monoisotopic (exact) mass is 362 g/mol. The molecule has 1 atom stereocenters. The van der Waals surface area contributed by atoms with Crippen LogP contribution in [-0.2, 0) is 16.1 Å². The van der Waals surface area contributed by atoms with Gasteiger partial charge in [-0.25, -0.2) is 0 Å². The van der Waals surface area contributed by atoms with Crippen molar-refractivity contribution in [1.82, 2.24) is 9.80 Å². The minimum atomic E-state index is -0.111. The number of carbonyl (C=O) groups excluding carboxylic acids is 2. The molecule has 2 amide bonds. The van der Waals surface area contributed by atoms with E-state index in [9.17, 15) is 9.59 Å². The molecule has 1 heterocycles. The van der Waals surface area contributed by atoms with Gasteiger partial charge in [-0.05, 0) is 30.5 Å². The standard InChI is InChI=1S/C23H26N2O2/c1-3-21-16-24(22(26)14-13-19-7-5-4-6-8-19)17-23(27)25(21)15-20-11-9-18(2)10-12-20/h4-14,21H,3,15-17H2,1-2H3/b14-13+. The van der Waals surface area contributed by atoms with Crippen LogP contribution in [0, 0.1) is 6.92 Å². The van der Waals surface area contributed by atoms with Gasteiger partial charge in [-0.3, -0.25) is 9.59 Å². The first kappa shape index (κ1) is 18.9. The third-order valence-corrected chi connectivity index (χ3v) is 4.99. The lowest BCUT2D eigenvalue weighted by atomic mass is 10.1. The fourth-order valence-corrected chi connectivity index (χ4v) is 3.34. The third kappa shape index (κ3) is 4.85. The molecule has 4 heteroatoms. The fourth-order valence-electron chi connectivity index (χ4n) is 3.34. The molecule has 4 nitrogen and oxygen atoms in total. The molecule has 2 aromatic rings. The zero-order valence-corrected chi connectivity index (χ0v) is 16.0. The summed E-state index contributed by atoms with van der Waals surface area (Å²) in [5.41, 5.74) is 3.30. The molecule has 2 aromatic carbocycles. The summed E-state index contributed by atoms with van der Waals surface area (Å²) in [5, 5.41) is 0. The van der Waals surface area contributed by atoms with E-state index in [4.69, 9.17) is 0 Å². The molecule has 1 aliphatic heterocycles. The second kappa shape index (κ2) is 8.67. The number of benzene rings is 2. The van der Waals surface area contributed by atoms with Crippen LogP contribution in [0.15, 0.2) is 60.7 Å². The second-order valence-electron chi connectivity index (χ2n) is 7.03. The number of rotatable bonds is 5. The summed E-state index contributed by atoms with van der Waals surface area (Å²) in [6.45, 7) is 5.43. The van der Waals surface area contributed by atoms with Gasteiger partial charge in [0.15, 0.2) is 0 Å². The highest BCUT2D eigenvalue weighted by atomic mass is 16.2. The van der Waals surface area contributed by atoms with Gasteiger partial charge in [0, 0.05) is 25.2 Å². The zero-order valence-electron chi connectivity index (χ0n) is 16.0. The smallest absolute Gasteiger partial charge is 0.247 e. The third-order valence-electron chi connectivity index (χ3n) is 4.99. The predicted octanol–water partition coefficient (Wildman–Crippen LogP) is 3.66. The van der Waals surface area contributed by atoms with Crippen molar-refractivity contribution in [2.24, 2.45) is 0 Å². The van der Waals surface area contributed by atoms with Crippen molar-refractivity contribution in [2.45, 2.75) is 32.9 Å². The van der Waals surface area contributed by atoms with Crippen LogP contribution >= 0.6 is 0 Å². The van der Waals surface area contributed by atoms with Crippen LogP contribution in [0.2, 0.25) is 0 Å². The summed E-state index contributed by atoms with van der Waals surface area (Å²) < 4.78 is 0. The molecular weight excluding hydrogens is 336 g/mol. The average molecular weight is 362 g/mol. The minimum Gasteiger partial charge on any atom is -0.332 e. The number of piperazine rings is 1. The lowest BCUT2D eigenvalue weighted by Gasteiger charge is -2.40. The molecule has 27 heavy (non-hydrogen) atoms. The van der Waals surface area contributed by atoms with Gasteiger partial charge in [0.05, 0.1) is 0 Å². The van der Waals surface area contributed by atoms with Crippen molar-refractivity contribution >= 4 is 17.9 Å². The van der Waals surface area contributed by atoms with E-state index in [0.717, 1.165) is 17.5 Å². The van der Waals surface area contributed by atoms with Crippen molar-refractivity contribution in [3.05, 3.63) is 77.4 Å². The van der Waals surface area contributed by atoms with E-state index in [1.54, 1.807) is 17.1 Å². The Balaban J connectivity index is 1.66. The van der Waals surface area contributed by atoms with Gasteiger partial charge < -0.3 is 9.80 Å². The Hall–Kier alpha value is -2.88. The normalized spacial score (nSPS) is 17.6. The van der Waals surface area contributed by atoms with Crippen molar-refractivity contribution in [2.75, 3.05) is 13.1 Å². The zero-order chi connectivity index (χ0) is 19.2. The van der Waals surface area contributed by atoms with Crippen LogP contribution < -0.4 is 0 Å². The van der Waals surface area contributed by atoms with Crippen LogP contribution in [0.5, 0.6) is 0 Å². The maximum Gasteiger partial charge on any atom is 0.247 e. The Morgan fingerprint density at radius 3 is 2.48 bits per heavy atom. The highest BCUT2D eigenvalue weighted by molar-refractivity contribution is 5.95. The van der Waals surface area contributed by atoms with Gasteiger partial charge in [0.25, 0.3) is 0 Å². The second-order valence-corrected chi connectivity index (χ2v) is 7.03. The van der Waals surface area contributed by atoms with Crippen LogP contribution in [0.1, 0.15) is 30.0 Å². The fraction of sp³-hybridized carbons (Fsp3) is 0.304. The number of aryl methyl sites for hydroxylation is 1. The lowest BCUT2D eigenvalue weighted by Crippen LogP contribution is -2.56. The Kier molecular flexibility index (Phi) is 6.07. The summed E-state index contributed by atoms with van der Waals surface area (Å²) in [7, 11) is 0. The van der Waals surface area contributed by atoms with Gasteiger partial charge in [-0.2, -0.15) is 0 Å². The molecule has 1 unspecified atom stereocenters. The Morgan fingerprint density at radius 2 is 1.81 bits per heavy atom. The van der Waals surface area contributed by atoms with E-state index < -0.39 is 0 Å². The topological polar surface area (TPSA) is 40.6 Å². The van der Waals surface area contributed by atoms with E-state index in [-0.39, 0.29) is 24.4 Å². The van der Waals surface area contributed by atoms with Crippen LogP contribution in [-0.4, -0.2) is 40.7 Å². The Bertz CT molecular complexity index is 812. The molecular formula is C23H26N2O2. The van der Waals surface area contributed by atoms with Gasteiger partial charge in [0.2, 0.25) is 11.8 Å². The summed E-state index contributed by atoms with van der Waals surface area (Å²) in [5.74, 6) is -0.101. The molecule has 0 saturated carbocycles. The van der Waals surface area contributed by atoms with Crippen molar-refractivity contribution in [3.63, 3.8) is 0 Å². The maximum atomic E-state index is 12.7. The first-order valence-electron chi connectivity index (χ1n) is 9.44. The summed E-state index contributed by atoms with van der Waals surface area (Å²) in [6, 6.07) is 18.0. The largest absolute Gasteiger partial charge is 0.332 e. The number of hydrogen-bond acceptors (Lipinski definition) is 2. The first-order chi connectivity index (χ1) is 13.1. The summed E-state index contributed by atoms with van der Waals surface area (Å²) in [6.07, 6.45) is 4.18. The summed E-state index contributed by atoms with van der Waals surface area (Å²) >= 11 is 0. The van der Waals surface area contributed by atoms with Gasteiger partial charge in [-0.1, -0.05) is 67.1 Å². The maximum absolute atomic E-state index is 12.7. The van der Waals surface area contributed by atoms with Crippen molar-refractivity contribution in [3.8, 4) is 0 Å². The molecule has 0 spiro atoms. The van der Waals surface area contributed by atoms with Gasteiger partial charge >= 0.3 is 0 Å². The highest BCUT2D eigenvalue weighted by Gasteiger charge is 2.32. The van der Waals surface area contributed by atoms with E-state index in [0.29, 0.717) is 13.1 Å². The molecule has 0 aromatic heterocycles. The minimum absolute atomic E-state index is 0.00939. The molecule has 1 fully saturated rings. The van der Waals surface area contributed by atoms with Gasteiger partial charge in [0.1, 0.15) is 6.54 Å². The SMILES string of the molecule is CCC1CN(C(=O)/C=C/c2ccccc2)CC(=O)N1Cc1ccc(C)cc1. The lowest BCUT2D eigenvalue weighted by molar-refractivity contribution is -0.147. The summed E-state index contributed by atoms with van der Waals surface area (Å²) in [4.78, 5) is 28.8. The molecule has 1 saturated heterocycles. The molecule has 1 aliphatic rings. The molecule has 0 bridgehead atoms. The van der Waals surface area contributed by atoms with Crippen LogP contribution in [0.3, 0.4) is 0 Å². The average Bonchev–Trinajstić information content (AvgIpc) is 2.69. The Labute approximate surface area is 161 Å². The number of amides is 2. The molecule has 3 rings (SSSR count). The van der Waals surface area contributed by atoms with Crippen LogP contribution in [0.4, 0.5) is 0 Å². The number of nitrogens with zero attached hydrogens (tertiary/aromatic N) is 2. The quantitative estimate of drug-likeness (QED) is 0.762. The van der Waals surface area contributed by atoms with Crippen LogP contribution in [0.25, 0.3) is 6.08 Å². The van der Waals surface area contributed by atoms with E-state index in [1.807, 2.05) is 35.2 Å². The van der Waals surface area contributed by atoms with E-state index >= 15 is 0 Å². The van der Waals surface area contributed by atoms with E-state index in [2.05, 4.69) is 38.1 Å². The molecule has 140 valence electrons. The van der Waals surface area contributed by atoms with E-state index in [1.165, 1.54) is 5.56 Å². The highest BCUT2D eigenvalue weighted by Crippen LogP contribution is 2.18. The Morgan fingerprint density at radius 1 is 1.11 bits per heavy atom. The first-order valence-corrected chi connectivity index (χ1v) is 9.44. The van der Waals surface area contributed by atoms with Crippen molar-refractivity contribution in [1.29, 1.82) is 0 Å². The molecule has 0 aliphatic carbocycles. The molecule has 0 radical (unpaired) electrons. The van der Waals surface area contributed by atoms with Crippen molar-refractivity contribution < 1.29 is 9.59 Å². The predicted molar refractivity (Wildman–Crippen MR) is 108 cm³/mol. The molecule has 0 N–H and O–H groups in total. The van der Waals surface area contributed by atoms with Gasteiger partial charge in [-0.15, -0.1) is 0 Å². The number of hydrogen-bond donors (Lipinski definition) is 0. The number of carbonyl (C=O) groups is 2.